The van der Waals surface area contributed by atoms with E-state index in [0.29, 0.717) is 65.6 Å². The molecule has 5 aromatic rings. The lowest BCUT2D eigenvalue weighted by Crippen LogP contribution is -2.26. The number of carbonyl (C=O) groups is 2. The summed E-state index contributed by atoms with van der Waals surface area (Å²) < 4.78 is 85.0. The zero-order chi connectivity index (χ0) is 55.8. The first-order chi connectivity index (χ1) is 36.4. The molecule has 0 radical (unpaired) electrons. The smallest absolute Gasteiger partial charge is 0.297 e. The molecule has 3 heterocycles. The molecule has 3 aliphatic carbocycles. The fourth-order valence-electron chi connectivity index (χ4n) is 10.1. The number of anilines is 6. The molecule has 1 saturated carbocycles. The number of rotatable bonds is 20. The number of azo groups is 2. The summed E-state index contributed by atoms with van der Waals surface area (Å²) in [7, 11) is -6.66. The second-order valence-corrected chi connectivity index (χ2v) is 26.6. The van der Waals surface area contributed by atoms with Gasteiger partial charge in [-0.3, -0.25) is 18.7 Å². The molecular weight excluding hydrogens is 1090 g/mol. The Hall–Kier alpha value is -5.64. The van der Waals surface area contributed by atoms with Gasteiger partial charge in [0.15, 0.2) is 26.7 Å². The lowest BCUT2D eigenvalue weighted by Gasteiger charge is -2.28. The molecule has 2 aromatic carbocycles. The highest BCUT2D eigenvalue weighted by molar-refractivity contribution is 7.99. The average molecular weight is 1150 g/mol. The van der Waals surface area contributed by atoms with Crippen LogP contribution in [0.3, 0.4) is 0 Å². The first-order valence-electron chi connectivity index (χ1n) is 25.5. The van der Waals surface area contributed by atoms with Gasteiger partial charge in [0, 0.05) is 56.4 Å². The van der Waals surface area contributed by atoms with E-state index in [1.807, 2.05) is 55.4 Å². The second-order valence-electron chi connectivity index (χ2n) is 20.6. The molecule has 0 amide bonds. The van der Waals surface area contributed by atoms with Crippen molar-refractivity contribution >= 4 is 122 Å². The number of nitrogens with zero attached hydrogens (tertiary/aromatic N) is 9. The molecule has 77 heavy (non-hydrogen) atoms. The number of fused-ring (bicyclic) bond motifs is 2. The predicted octanol–water partition coefficient (Wildman–Crippen LogP) is 13.3. The van der Waals surface area contributed by atoms with E-state index in [-0.39, 0.29) is 96.7 Å². The minimum atomic E-state index is -4.85. The van der Waals surface area contributed by atoms with Gasteiger partial charge < -0.3 is 29.9 Å². The molecule has 0 aliphatic heterocycles. The number of ketones is 2. The van der Waals surface area contributed by atoms with Gasteiger partial charge in [0.2, 0.25) is 11.9 Å². The molecular formula is C51H65N11O10S5. The number of Topliss-reactive ketones (excluding diaryl/α,β-unsaturated/α-hetero) is 2. The van der Waals surface area contributed by atoms with Crippen LogP contribution < -0.4 is 29.9 Å². The third-order valence-corrected chi connectivity index (χ3v) is 19.4. The molecule has 1 fully saturated rings. The Morgan fingerprint density at radius 2 is 1.04 bits per heavy atom. The van der Waals surface area contributed by atoms with Gasteiger partial charge >= 0.3 is 0 Å². The van der Waals surface area contributed by atoms with Crippen LogP contribution in [-0.4, -0.2) is 98.1 Å². The van der Waals surface area contributed by atoms with Crippen molar-refractivity contribution < 1.29 is 45.0 Å². The van der Waals surface area contributed by atoms with Crippen molar-refractivity contribution in [3.63, 3.8) is 0 Å². The minimum Gasteiger partial charge on any atom is -0.494 e. The van der Waals surface area contributed by atoms with Crippen molar-refractivity contribution in [3.05, 3.63) is 45.1 Å². The van der Waals surface area contributed by atoms with Gasteiger partial charge in [0.05, 0.1) is 46.7 Å². The molecule has 0 unspecified atom stereocenters. The standard InChI is InChI=1S/C51H65N11O10S5/c1-11-61(12-2)35-20-31(33(22-39(35)71-9)57-59-45-43(76(65,66)67)29-24-50(5,6)26-37(63)41(29)74-45)52-47-54-48(56-49(55-47)73-28-18-16-15-17-19-28)53-32-21-36(62(13-3)14-4)40(72-10)23-34(32)58-60-46-44(77(68,69)70)30-25-51(7,8)27-38(64)42(30)75-46/h20-23,28H,11-19,24-27H2,1-10H3,(H,65,66,67)(H,68,69,70)(H2,52,53,54,55,56)/b59-57+,60-58+. The Kier molecular flexibility index (Phi) is 17.2. The molecule has 26 heteroatoms. The number of thioether (sulfide) groups is 1. The number of aromatic nitrogens is 3. The number of methoxy groups -OCH3 is 2. The highest BCUT2D eigenvalue weighted by Gasteiger charge is 2.40. The lowest BCUT2D eigenvalue weighted by atomic mass is 9.76. The normalized spacial score (nSPS) is 16.7. The molecule has 0 bridgehead atoms. The Bertz CT molecular complexity index is 3170. The Labute approximate surface area is 461 Å². The Morgan fingerprint density at radius 3 is 1.40 bits per heavy atom. The summed E-state index contributed by atoms with van der Waals surface area (Å²) in [6, 6.07) is 6.89. The van der Waals surface area contributed by atoms with E-state index in [1.54, 1.807) is 24.3 Å². The van der Waals surface area contributed by atoms with E-state index in [9.17, 15) is 35.5 Å². The first kappa shape index (κ1) is 57.5. The van der Waals surface area contributed by atoms with Crippen molar-refractivity contribution in [2.45, 2.75) is 133 Å². The van der Waals surface area contributed by atoms with Crippen molar-refractivity contribution in [3.8, 4) is 11.5 Å². The van der Waals surface area contributed by atoms with Gasteiger partial charge in [0.25, 0.3) is 20.2 Å². The fraction of sp³-hybridized carbons (Fsp3) is 0.510. The molecule has 8 rings (SSSR count). The molecule has 414 valence electrons. The van der Waals surface area contributed by atoms with E-state index in [2.05, 4.69) is 40.9 Å². The highest BCUT2D eigenvalue weighted by atomic mass is 32.2. The maximum Gasteiger partial charge on any atom is 0.297 e. The van der Waals surface area contributed by atoms with Gasteiger partial charge in [0.1, 0.15) is 32.7 Å². The average Bonchev–Trinajstić information content (AvgIpc) is 3.95. The van der Waals surface area contributed by atoms with Crippen LogP contribution in [-0.2, 0) is 33.1 Å². The molecule has 0 saturated heterocycles. The zero-order valence-corrected chi connectivity index (χ0v) is 48.9. The van der Waals surface area contributed by atoms with Crippen LogP contribution in [0.15, 0.2) is 59.7 Å². The van der Waals surface area contributed by atoms with Gasteiger partial charge in [-0.25, -0.2) is 0 Å². The number of nitrogens with one attached hydrogen (secondary N) is 2. The molecule has 0 atom stereocenters. The first-order valence-corrected chi connectivity index (χ1v) is 30.9. The summed E-state index contributed by atoms with van der Waals surface area (Å²) in [5, 5.41) is 25.0. The third-order valence-electron chi connectivity index (χ3n) is 13.7. The fourth-order valence-corrected chi connectivity index (χ4v) is 15.7. The number of benzene rings is 2. The van der Waals surface area contributed by atoms with E-state index in [4.69, 9.17) is 24.4 Å². The quantitative estimate of drug-likeness (QED) is 0.0416. The molecule has 3 aromatic heterocycles. The van der Waals surface area contributed by atoms with E-state index < -0.39 is 40.9 Å². The summed E-state index contributed by atoms with van der Waals surface area (Å²) in [5.74, 6) is 0.546. The van der Waals surface area contributed by atoms with Crippen molar-refractivity contribution in [2.75, 3.05) is 60.8 Å². The van der Waals surface area contributed by atoms with Crippen LogP contribution in [0.1, 0.15) is 131 Å². The van der Waals surface area contributed by atoms with Gasteiger partial charge in [-0.2, -0.15) is 31.8 Å². The summed E-state index contributed by atoms with van der Waals surface area (Å²) >= 11 is 3.24. The van der Waals surface area contributed by atoms with Crippen molar-refractivity contribution in [2.24, 2.45) is 31.3 Å². The molecule has 21 nitrogen and oxygen atoms in total. The zero-order valence-electron chi connectivity index (χ0n) is 44.8. The highest BCUT2D eigenvalue weighted by Crippen LogP contribution is 2.50. The van der Waals surface area contributed by atoms with E-state index in [1.165, 1.54) is 26.0 Å². The van der Waals surface area contributed by atoms with Crippen LogP contribution in [0, 0.1) is 10.8 Å². The maximum absolute atomic E-state index is 13.3. The Balaban J connectivity index is 1.27. The summed E-state index contributed by atoms with van der Waals surface area (Å²) in [6.07, 6.45) is 6.00. The minimum absolute atomic E-state index is 0.0844. The number of hydrogen-bond donors (Lipinski definition) is 4. The molecule has 0 spiro atoms. The van der Waals surface area contributed by atoms with Gasteiger partial charge in [-0.1, -0.05) is 58.7 Å². The maximum atomic E-state index is 13.3. The predicted molar refractivity (Wildman–Crippen MR) is 302 cm³/mol. The van der Waals surface area contributed by atoms with Crippen molar-refractivity contribution in [1.29, 1.82) is 0 Å². The number of carbonyl (C=O) groups excluding carboxylic acids is 2. The summed E-state index contributed by atoms with van der Waals surface area (Å²) in [6.45, 7) is 17.9. The van der Waals surface area contributed by atoms with E-state index in [0.717, 1.165) is 54.8 Å². The lowest BCUT2D eigenvalue weighted by molar-refractivity contribution is 0.0907. The summed E-state index contributed by atoms with van der Waals surface area (Å²) in [4.78, 5) is 45.1. The SMILES string of the molecule is CCN(CC)c1cc(Nc2nc(Nc3cc(N(CC)CC)c(OC)cc3/N=N/c3sc4c(c3S(=O)(=O)O)CC(C)(C)CC4=O)nc(SC3CCCCC3)n2)c(/N=N/c2sc3c(c2S(=O)(=O)O)CC(C)(C)CC3=O)cc1OC. The second kappa shape index (κ2) is 23.0. The van der Waals surface area contributed by atoms with Crippen LogP contribution in [0.25, 0.3) is 0 Å². The number of thiophene rings is 2. The molecule has 4 N–H and O–H groups in total. The Morgan fingerprint density at radius 1 is 0.636 bits per heavy atom. The van der Waals surface area contributed by atoms with Crippen LogP contribution in [0.2, 0.25) is 0 Å². The summed E-state index contributed by atoms with van der Waals surface area (Å²) in [5.41, 5.74) is 1.75. The topological polar surface area (TPSA) is 280 Å². The van der Waals surface area contributed by atoms with Gasteiger partial charge in [-0.15, -0.1) is 43.1 Å². The van der Waals surface area contributed by atoms with Crippen LogP contribution in [0.4, 0.5) is 56.0 Å². The molecule has 3 aliphatic rings. The monoisotopic (exact) mass is 1150 g/mol. The van der Waals surface area contributed by atoms with Crippen LogP contribution >= 0.6 is 34.4 Å². The van der Waals surface area contributed by atoms with E-state index >= 15 is 0 Å². The number of ether oxygens (including phenoxy) is 2. The third kappa shape index (κ3) is 12.8. The van der Waals surface area contributed by atoms with Gasteiger partial charge in [-0.05, 0) is 87.5 Å². The van der Waals surface area contributed by atoms with Crippen molar-refractivity contribution in [1.82, 2.24) is 15.0 Å². The largest absolute Gasteiger partial charge is 0.494 e. The van der Waals surface area contributed by atoms with Crippen LogP contribution in [0.5, 0.6) is 11.5 Å². The number of hydrogen-bond acceptors (Lipinski definition) is 22.